The van der Waals surface area contributed by atoms with Gasteiger partial charge in [0.2, 0.25) is 5.78 Å². The molecule has 144 valence electrons. The van der Waals surface area contributed by atoms with E-state index in [0.717, 1.165) is 25.7 Å². The lowest BCUT2D eigenvalue weighted by Gasteiger charge is -2.19. The minimum Gasteiger partial charge on any atom is -0.434 e. The maximum atomic E-state index is 12.9. The number of rotatable bonds is 10. The van der Waals surface area contributed by atoms with E-state index in [0.29, 0.717) is 23.7 Å². The molecule has 0 radical (unpaired) electrons. The van der Waals surface area contributed by atoms with Crippen LogP contribution in [0.4, 0.5) is 4.79 Å². The van der Waals surface area contributed by atoms with Crippen molar-refractivity contribution in [1.29, 1.82) is 0 Å². The zero-order valence-electron chi connectivity index (χ0n) is 16.1. The van der Waals surface area contributed by atoms with Crippen molar-refractivity contribution in [3.8, 4) is 0 Å². The Labute approximate surface area is 161 Å². The molecule has 2 aromatic carbocycles. The third-order valence-electron chi connectivity index (χ3n) is 4.59. The first-order chi connectivity index (χ1) is 13.2. The number of benzene rings is 2. The second kappa shape index (κ2) is 11.2. The van der Waals surface area contributed by atoms with E-state index in [2.05, 4.69) is 13.8 Å². The van der Waals surface area contributed by atoms with Gasteiger partial charge in [-0.25, -0.2) is 4.79 Å². The number of unbranched alkanes of at least 4 members (excludes halogenated alkanes) is 1. The molecule has 0 N–H and O–H groups in total. The van der Waals surface area contributed by atoms with E-state index in [-0.39, 0.29) is 5.78 Å². The molecule has 0 aliphatic carbocycles. The van der Waals surface area contributed by atoms with Crippen LogP contribution in [0.15, 0.2) is 60.7 Å². The van der Waals surface area contributed by atoms with Crippen LogP contribution in [0.3, 0.4) is 0 Å². The number of ether oxygens (including phenoxy) is 2. The van der Waals surface area contributed by atoms with Crippen molar-refractivity contribution in [3.63, 3.8) is 0 Å². The predicted molar refractivity (Wildman–Crippen MR) is 106 cm³/mol. The zero-order chi connectivity index (χ0) is 19.5. The molecule has 0 fully saturated rings. The number of carbonyl (C=O) groups excluding carboxylic acids is 2. The molecule has 4 nitrogen and oxygen atoms in total. The van der Waals surface area contributed by atoms with Crippen LogP contribution in [-0.2, 0) is 9.47 Å². The molecule has 0 amide bonds. The summed E-state index contributed by atoms with van der Waals surface area (Å²) < 4.78 is 10.8. The highest BCUT2D eigenvalue weighted by atomic mass is 16.7. The molecule has 0 bridgehead atoms. The minimum atomic E-state index is -1.02. The molecular formula is C23H28O4. The lowest BCUT2D eigenvalue weighted by atomic mass is 10.00. The van der Waals surface area contributed by atoms with Crippen LogP contribution in [0.5, 0.6) is 0 Å². The number of hydrogen-bond donors (Lipinski definition) is 0. The van der Waals surface area contributed by atoms with Gasteiger partial charge in [-0.1, -0.05) is 93.8 Å². The number of Topliss-reactive ketones (excluding diaryl/α,β-unsaturated/α-hetero) is 1. The highest BCUT2D eigenvalue weighted by molar-refractivity contribution is 6.00. The Morgan fingerprint density at radius 1 is 0.926 bits per heavy atom. The molecule has 0 spiro atoms. The second-order valence-electron chi connectivity index (χ2n) is 6.62. The van der Waals surface area contributed by atoms with E-state index < -0.39 is 12.3 Å². The third kappa shape index (κ3) is 6.55. The summed E-state index contributed by atoms with van der Waals surface area (Å²) in [6.07, 6.45) is 2.36. The fraction of sp³-hybridized carbons (Fsp3) is 0.391. The number of ketones is 1. The van der Waals surface area contributed by atoms with Crippen LogP contribution in [-0.4, -0.2) is 18.5 Å². The maximum Gasteiger partial charge on any atom is 0.509 e. The summed E-state index contributed by atoms with van der Waals surface area (Å²) in [5.74, 6) is 0.0503. The Hall–Kier alpha value is -2.62. The summed E-state index contributed by atoms with van der Waals surface area (Å²) >= 11 is 0. The maximum absolute atomic E-state index is 12.9. The van der Waals surface area contributed by atoms with Crippen molar-refractivity contribution >= 4 is 11.9 Å². The molecule has 0 aliphatic rings. The summed E-state index contributed by atoms with van der Waals surface area (Å²) in [6.45, 7) is 4.54. The van der Waals surface area contributed by atoms with E-state index >= 15 is 0 Å². The molecule has 2 aromatic rings. The van der Waals surface area contributed by atoms with E-state index in [9.17, 15) is 9.59 Å². The van der Waals surface area contributed by atoms with Crippen molar-refractivity contribution in [3.05, 3.63) is 71.8 Å². The number of carbonyl (C=O) groups is 2. The van der Waals surface area contributed by atoms with Crippen molar-refractivity contribution in [2.45, 2.75) is 45.6 Å². The van der Waals surface area contributed by atoms with Crippen LogP contribution in [0.1, 0.15) is 61.6 Å². The molecule has 0 aliphatic heterocycles. The van der Waals surface area contributed by atoms with E-state index in [1.54, 1.807) is 36.4 Å². The first-order valence-electron chi connectivity index (χ1n) is 9.63. The molecule has 0 saturated carbocycles. The van der Waals surface area contributed by atoms with E-state index in [4.69, 9.17) is 9.47 Å². The topological polar surface area (TPSA) is 52.6 Å². The second-order valence-corrected chi connectivity index (χ2v) is 6.62. The first-order valence-corrected chi connectivity index (χ1v) is 9.63. The fourth-order valence-corrected chi connectivity index (χ4v) is 2.87. The van der Waals surface area contributed by atoms with Gasteiger partial charge >= 0.3 is 6.16 Å². The standard InChI is InChI=1S/C23H28O4/c1-3-5-12-18(4-2)17-26-23(25)27-22(20-15-10-7-11-16-20)21(24)19-13-8-6-9-14-19/h6-11,13-16,18,22H,3-5,12,17H2,1-2H3. The summed E-state index contributed by atoms with van der Waals surface area (Å²) in [6, 6.07) is 17.9. The van der Waals surface area contributed by atoms with Gasteiger partial charge in [0, 0.05) is 11.1 Å². The Balaban J connectivity index is 2.06. The Kier molecular flexibility index (Phi) is 8.56. The molecule has 0 aromatic heterocycles. The molecule has 2 unspecified atom stereocenters. The van der Waals surface area contributed by atoms with Crippen LogP contribution >= 0.6 is 0 Å². The van der Waals surface area contributed by atoms with Gasteiger partial charge in [-0.3, -0.25) is 4.79 Å². The summed E-state index contributed by atoms with van der Waals surface area (Å²) in [5, 5.41) is 0. The summed E-state index contributed by atoms with van der Waals surface area (Å²) in [4.78, 5) is 25.1. The van der Waals surface area contributed by atoms with Gasteiger partial charge < -0.3 is 9.47 Å². The van der Waals surface area contributed by atoms with Crippen LogP contribution < -0.4 is 0 Å². The van der Waals surface area contributed by atoms with Crippen molar-refractivity contribution in [1.82, 2.24) is 0 Å². The molecule has 0 heterocycles. The normalized spacial score (nSPS) is 12.8. The highest BCUT2D eigenvalue weighted by Gasteiger charge is 2.27. The Morgan fingerprint density at radius 2 is 1.56 bits per heavy atom. The lowest BCUT2D eigenvalue weighted by Crippen LogP contribution is -2.22. The largest absolute Gasteiger partial charge is 0.509 e. The average molecular weight is 368 g/mol. The molecular weight excluding hydrogens is 340 g/mol. The van der Waals surface area contributed by atoms with Gasteiger partial charge in [0.1, 0.15) is 0 Å². The smallest absolute Gasteiger partial charge is 0.434 e. The molecule has 2 atom stereocenters. The summed E-state index contributed by atoms with van der Waals surface area (Å²) in [5.41, 5.74) is 1.12. The SMILES string of the molecule is CCCCC(CC)COC(=O)OC(C(=O)c1ccccc1)c1ccccc1. The quantitative estimate of drug-likeness (QED) is 0.382. The Morgan fingerprint density at radius 3 is 2.15 bits per heavy atom. The fourth-order valence-electron chi connectivity index (χ4n) is 2.87. The monoisotopic (exact) mass is 368 g/mol. The van der Waals surface area contributed by atoms with Gasteiger partial charge in [-0.05, 0) is 12.3 Å². The molecule has 2 rings (SSSR count). The number of hydrogen-bond acceptors (Lipinski definition) is 4. The van der Waals surface area contributed by atoms with Gasteiger partial charge in [0.05, 0.1) is 6.61 Å². The first kappa shape index (κ1) is 20.7. The van der Waals surface area contributed by atoms with Gasteiger partial charge in [-0.15, -0.1) is 0 Å². The minimum absolute atomic E-state index is 0.267. The van der Waals surface area contributed by atoms with Crippen molar-refractivity contribution in [2.75, 3.05) is 6.61 Å². The zero-order valence-corrected chi connectivity index (χ0v) is 16.1. The summed E-state index contributed by atoms with van der Waals surface area (Å²) in [7, 11) is 0. The molecule has 4 heteroatoms. The van der Waals surface area contributed by atoms with Gasteiger partial charge in [0.15, 0.2) is 6.10 Å². The third-order valence-corrected chi connectivity index (χ3v) is 4.59. The average Bonchev–Trinajstić information content (AvgIpc) is 2.73. The van der Waals surface area contributed by atoms with E-state index in [1.807, 2.05) is 24.3 Å². The van der Waals surface area contributed by atoms with Gasteiger partial charge in [0.25, 0.3) is 0 Å². The molecule has 0 saturated heterocycles. The van der Waals surface area contributed by atoms with Crippen LogP contribution in [0, 0.1) is 5.92 Å². The van der Waals surface area contributed by atoms with Crippen LogP contribution in [0.25, 0.3) is 0 Å². The van der Waals surface area contributed by atoms with Crippen LogP contribution in [0.2, 0.25) is 0 Å². The van der Waals surface area contributed by atoms with Gasteiger partial charge in [-0.2, -0.15) is 0 Å². The van der Waals surface area contributed by atoms with Crippen molar-refractivity contribution < 1.29 is 19.1 Å². The predicted octanol–water partition coefficient (Wildman–Crippen LogP) is 5.98. The lowest BCUT2D eigenvalue weighted by molar-refractivity contribution is 0.0145. The van der Waals surface area contributed by atoms with Crippen molar-refractivity contribution in [2.24, 2.45) is 5.92 Å². The molecule has 27 heavy (non-hydrogen) atoms. The highest BCUT2D eigenvalue weighted by Crippen LogP contribution is 2.23. The van der Waals surface area contributed by atoms with E-state index in [1.165, 1.54) is 0 Å². The Bertz CT molecular complexity index is 697.